The molecule has 2 rings (SSSR count). The van der Waals surface area contributed by atoms with E-state index >= 15 is 0 Å². The van der Waals surface area contributed by atoms with Crippen LogP contribution in [-0.2, 0) is 4.43 Å². The van der Waals surface area contributed by atoms with Crippen LogP contribution in [0.1, 0.15) is 0 Å². The van der Waals surface area contributed by atoms with Crippen molar-refractivity contribution >= 4 is 27.8 Å². The van der Waals surface area contributed by atoms with Crippen molar-refractivity contribution in [2.45, 2.75) is 13.1 Å². The molecular weight excluding hydrogens is 266 g/mol. The van der Waals surface area contributed by atoms with Gasteiger partial charge in [0, 0.05) is 7.11 Å². The van der Waals surface area contributed by atoms with Crippen molar-refractivity contribution in [1.82, 2.24) is 4.65 Å². The highest BCUT2D eigenvalue weighted by Crippen LogP contribution is 2.01. The minimum atomic E-state index is -1.66. The van der Waals surface area contributed by atoms with Gasteiger partial charge in [0.05, 0.1) is 0 Å². The topological polar surface area (TPSA) is 21.3 Å². The van der Waals surface area contributed by atoms with Crippen molar-refractivity contribution in [3.63, 3.8) is 0 Å². The average Bonchev–Trinajstić information content (AvgIpc) is 2.47. The van der Waals surface area contributed by atoms with E-state index in [1.54, 1.807) is 0 Å². The quantitative estimate of drug-likeness (QED) is 0.841. The van der Waals surface area contributed by atoms with Crippen molar-refractivity contribution in [2.75, 3.05) is 7.11 Å². The number of rotatable bonds is 5. The monoisotopic (exact) mass is 287 g/mol. The van der Waals surface area contributed by atoms with Crippen LogP contribution in [0.15, 0.2) is 60.7 Å². The maximum Gasteiger partial charge on any atom is 0.278 e. The standard InChI is InChI=1S/C15H21NOSi2/c1-17-18(14-10-6-4-7-11-14)16-19(2,3)15-12-8-5-9-13-15/h4-13,16,18H,1-3H3. The van der Waals surface area contributed by atoms with Gasteiger partial charge < -0.3 is 9.07 Å². The molecule has 0 aromatic heterocycles. The summed E-state index contributed by atoms with van der Waals surface area (Å²) in [5.74, 6) is 0. The molecule has 0 heterocycles. The Morgan fingerprint density at radius 1 is 0.895 bits per heavy atom. The normalized spacial score (nSPS) is 13.2. The summed E-state index contributed by atoms with van der Waals surface area (Å²) in [6, 6.07) is 21.2. The van der Waals surface area contributed by atoms with Gasteiger partial charge in [-0.05, 0) is 10.4 Å². The van der Waals surface area contributed by atoms with Crippen LogP contribution in [0, 0.1) is 0 Å². The maximum atomic E-state index is 5.76. The van der Waals surface area contributed by atoms with Gasteiger partial charge in [0.25, 0.3) is 9.20 Å². The fourth-order valence-electron chi connectivity index (χ4n) is 2.17. The van der Waals surface area contributed by atoms with Crippen molar-refractivity contribution in [3.05, 3.63) is 60.7 Å². The molecular formula is C15H21NOSi2. The first-order chi connectivity index (χ1) is 9.13. The van der Waals surface area contributed by atoms with Crippen molar-refractivity contribution < 1.29 is 4.43 Å². The molecule has 2 aromatic carbocycles. The van der Waals surface area contributed by atoms with Crippen LogP contribution in [0.25, 0.3) is 0 Å². The van der Waals surface area contributed by atoms with Gasteiger partial charge in [0.2, 0.25) is 0 Å². The summed E-state index contributed by atoms with van der Waals surface area (Å²) in [4.78, 5) is 0. The van der Waals surface area contributed by atoms with Crippen LogP contribution in [0.5, 0.6) is 0 Å². The molecule has 0 amide bonds. The van der Waals surface area contributed by atoms with Gasteiger partial charge in [0.15, 0.2) is 0 Å². The van der Waals surface area contributed by atoms with Gasteiger partial charge in [-0.1, -0.05) is 73.8 Å². The molecule has 0 aliphatic rings. The van der Waals surface area contributed by atoms with Crippen LogP contribution in [0.2, 0.25) is 13.1 Å². The Balaban J connectivity index is 2.19. The first-order valence-electron chi connectivity index (χ1n) is 6.54. The Morgan fingerprint density at radius 2 is 1.42 bits per heavy atom. The fraction of sp³-hybridized carbons (Fsp3) is 0.200. The summed E-state index contributed by atoms with van der Waals surface area (Å²) >= 11 is 0. The van der Waals surface area contributed by atoms with E-state index in [0.717, 1.165) is 0 Å². The summed E-state index contributed by atoms with van der Waals surface area (Å²) in [6.45, 7) is 4.68. The third kappa shape index (κ3) is 3.64. The SMILES string of the molecule is CO[SiH](N[Si](C)(C)c1ccccc1)c1ccccc1. The minimum absolute atomic E-state index is 1.31. The van der Waals surface area contributed by atoms with Gasteiger partial charge in [-0.15, -0.1) is 0 Å². The zero-order valence-corrected chi connectivity index (χ0v) is 13.9. The maximum absolute atomic E-state index is 5.76. The smallest absolute Gasteiger partial charge is 0.278 e. The molecule has 0 bridgehead atoms. The van der Waals surface area contributed by atoms with Gasteiger partial charge in [0.1, 0.15) is 8.24 Å². The second-order valence-electron chi connectivity index (χ2n) is 5.16. The molecule has 0 aliphatic carbocycles. The highest BCUT2D eigenvalue weighted by molar-refractivity contribution is 6.95. The highest BCUT2D eigenvalue weighted by atomic mass is 28.4. The van der Waals surface area contributed by atoms with E-state index in [4.69, 9.17) is 4.43 Å². The molecule has 100 valence electrons. The molecule has 2 nitrogen and oxygen atoms in total. The molecule has 4 heteroatoms. The van der Waals surface area contributed by atoms with E-state index in [1.807, 2.05) is 13.2 Å². The molecule has 0 fully saturated rings. The lowest BCUT2D eigenvalue weighted by Crippen LogP contribution is -2.64. The van der Waals surface area contributed by atoms with Gasteiger partial charge in [-0.25, -0.2) is 0 Å². The zero-order valence-electron chi connectivity index (χ0n) is 11.8. The predicted octanol–water partition coefficient (Wildman–Crippen LogP) is 1.46. The van der Waals surface area contributed by atoms with Crippen molar-refractivity contribution in [3.8, 4) is 0 Å². The van der Waals surface area contributed by atoms with Crippen LogP contribution in [0.3, 0.4) is 0 Å². The molecule has 19 heavy (non-hydrogen) atoms. The molecule has 1 N–H and O–H groups in total. The Labute approximate surface area is 118 Å². The van der Waals surface area contributed by atoms with E-state index in [0.29, 0.717) is 0 Å². The molecule has 1 unspecified atom stereocenters. The van der Waals surface area contributed by atoms with E-state index < -0.39 is 17.4 Å². The summed E-state index contributed by atoms with van der Waals surface area (Å²) < 4.78 is 9.59. The molecule has 1 atom stereocenters. The average molecular weight is 288 g/mol. The van der Waals surface area contributed by atoms with Crippen LogP contribution >= 0.6 is 0 Å². The molecule has 0 radical (unpaired) electrons. The van der Waals surface area contributed by atoms with Gasteiger partial charge in [-0.3, -0.25) is 0 Å². The van der Waals surface area contributed by atoms with Gasteiger partial charge >= 0.3 is 0 Å². The van der Waals surface area contributed by atoms with Gasteiger partial charge in [-0.2, -0.15) is 0 Å². The van der Waals surface area contributed by atoms with Crippen molar-refractivity contribution in [2.24, 2.45) is 0 Å². The lowest BCUT2D eigenvalue weighted by Gasteiger charge is -2.29. The Morgan fingerprint density at radius 3 is 1.95 bits per heavy atom. The molecule has 0 saturated heterocycles. The third-order valence-electron chi connectivity index (χ3n) is 3.33. The summed E-state index contributed by atoms with van der Waals surface area (Å²) in [5.41, 5.74) is 0. The summed E-state index contributed by atoms with van der Waals surface area (Å²) in [7, 11) is -1.40. The second kappa shape index (κ2) is 6.30. The first-order valence-corrected chi connectivity index (χ1v) is 11.2. The molecule has 0 aliphatic heterocycles. The largest absolute Gasteiger partial charge is 0.406 e. The summed E-state index contributed by atoms with van der Waals surface area (Å²) in [5, 5.41) is 2.72. The van der Waals surface area contributed by atoms with E-state index in [1.165, 1.54) is 10.4 Å². The summed E-state index contributed by atoms with van der Waals surface area (Å²) in [6.07, 6.45) is 0. The molecule has 0 spiro atoms. The lowest BCUT2D eigenvalue weighted by atomic mass is 10.4. The minimum Gasteiger partial charge on any atom is -0.406 e. The van der Waals surface area contributed by atoms with E-state index in [-0.39, 0.29) is 0 Å². The Bertz CT molecular complexity index is 502. The van der Waals surface area contributed by atoms with E-state index in [9.17, 15) is 0 Å². The fourth-order valence-corrected chi connectivity index (χ4v) is 8.47. The molecule has 0 saturated carbocycles. The van der Waals surface area contributed by atoms with Crippen LogP contribution in [0.4, 0.5) is 0 Å². The first kappa shape index (κ1) is 14.2. The Kier molecular flexibility index (Phi) is 4.71. The number of hydrogen-bond acceptors (Lipinski definition) is 2. The lowest BCUT2D eigenvalue weighted by molar-refractivity contribution is 0.426. The Hall–Kier alpha value is -1.21. The van der Waals surface area contributed by atoms with Crippen LogP contribution in [-0.4, -0.2) is 24.5 Å². The second-order valence-corrected chi connectivity index (χ2v) is 12.0. The number of nitrogens with one attached hydrogen (secondary N) is 1. The zero-order chi connectivity index (χ0) is 13.7. The number of hydrogen-bond donors (Lipinski definition) is 1. The third-order valence-corrected chi connectivity index (χ3v) is 10.5. The predicted molar refractivity (Wildman–Crippen MR) is 86.9 cm³/mol. The number of benzene rings is 2. The highest BCUT2D eigenvalue weighted by Gasteiger charge is 2.28. The van der Waals surface area contributed by atoms with Crippen LogP contribution < -0.4 is 15.0 Å². The molecule has 2 aromatic rings. The van der Waals surface area contributed by atoms with E-state index in [2.05, 4.69) is 72.3 Å². The van der Waals surface area contributed by atoms with Crippen molar-refractivity contribution in [1.29, 1.82) is 0 Å².